The van der Waals surface area contributed by atoms with E-state index in [1.807, 2.05) is 5.51 Å². The predicted molar refractivity (Wildman–Crippen MR) is 68.8 cm³/mol. The normalized spacial score (nSPS) is 22.3. The minimum absolute atomic E-state index is 0.733. The Balaban J connectivity index is 1.91. The van der Waals surface area contributed by atoms with Gasteiger partial charge in [0.15, 0.2) is 0 Å². The highest BCUT2D eigenvalue weighted by atomic mass is 32.1. The van der Waals surface area contributed by atoms with Gasteiger partial charge in [-0.15, -0.1) is 11.3 Å². The van der Waals surface area contributed by atoms with Gasteiger partial charge in [0, 0.05) is 17.5 Å². The molecule has 1 N–H and O–H groups in total. The molecule has 0 bridgehead atoms. The SMILES string of the molecule is Cc1ncsc1CN(C)C1CCCNCC1. The molecular weight excluding hydrogens is 218 g/mol. The van der Waals surface area contributed by atoms with E-state index in [1.54, 1.807) is 11.3 Å². The first-order valence-corrected chi connectivity index (χ1v) is 6.95. The van der Waals surface area contributed by atoms with Crippen molar-refractivity contribution in [3.8, 4) is 0 Å². The largest absolute Gasteiger partial charge is 0.317 e. The maximum atomic E-state index is 4.31. The first-order chi connectivity index (χ1) is 7.77. The van der Waals surface area contributed by atoms with Gasteiger partial charge in [0.1, 0.15) is 0 Å². The van der Waals surface area contributed by atoms with E-state index in [0.717, 1.165) is 19.1 Å². The molecule has 0 radical (unpaired) electrons. The van der Waals surface area contributed by atoms with Gasteiger partial charge in [-0.1, -0.05) is 0 Å². The van der Waals surface area contributed by atoms with Crippen LogP contribution >= 0.6 is 11.3 Å². The third-order valence-electron chi connectivity index (χ3n) is 3.41. The van der Waals surface area contributed by atoms with Gasteiger partial charge in [-0.2, -0.15) is 0 Å². The van der Waals surface area contributed by atoms with Crippen LogP contribution in [0.4, 0.5) is 0 Å². The third-order valence-corrected chi connectivity index (χ3v) is 4.33. The number of thiazole rings is 1. The van der Waals surface area contributed by atoms with Crippen LogP contribution in [0.25, 0.3) is 0 Å². The summed E-state index contributed by atoms with van der Waals surface area (Å²) in [5.41, 5.74) is 3.15. The van der Waals surface area contributed by atoms with Gasteiger partial charge in [0.2, 0.25) is 0 Å². The Bertz CT molecular complexity index is 316. The molecule has 1 aromatic heterocycles. The second kappa shape index (κ2) is 5.75. The topological polar surface area (TPSA) is 28.2 Å². The molecule has 0 aromatic carbocycles. The minimum atomic E-state index is 0.733. The van der Waals surface area contributed by atoms with E-state index in [-0.39, 0.29) is 0 Å². The van der Waals surface area contributed by atoms with Crippen molar-refractivity contribution in [3.05, 3.63) is 16.1 Å². The lowest BCUT2D eigenvalue weighted by molar-refractivity contribution is 0.218. The number of aryl methyl sites for hydroxylation is 1. The summed E-state index contributed by atoms with van der Waals surface area (Å²) in [4.78, 5) is 8.22. The molecule has 3 nitrogen and oxygen atoms in total. The molecule has 90 valence electrons. The van der Waals surface area contributed by atoms with E-state index in [1.165, 1.54) is 36.4 Å². The Morgan fingerprint density at radius 3 is 3.12 bits per heavy atom. The van der Waals surface area contributed by atoms with Gasteiger partial charge in [-0.05, 0) is 46.3 Å². The molecule has 0 amide bonds. The van der Waals surface area contributed by atoms with E-state index >= 15 is 0 Å². The quantitative estimate of drug-likeness (QED) is 0.875. The molecule has 1 aliphatic heterocycles. The summed E-state index contributed by atoms with van der Waals surface area (Å²) in [5.74, 6) is 0. The third kappa shape index (κ3) is 3.03. The van der Waals surface area contributed by atoms with E-state index in [2.05, 4.69) is 29.2 Å². The van der Waals surface area contributed by atoms with Gasteiger partial charge in [0.25, 0.3) is 0 Å². The highest BCUT2D eigenvalue weighted by Gasteiger charge is 2.17. The Morgan fingerprint density at radius 1 is 1.50 bits per heavy atom. The van der Waals surface area contributed by atoms with Crippen molar-refractivity contribution in [1.82, 2.24) is 15.2 Å². The number of aromatic nitrogens is 1. The smallest absolute Gasteiger partial charge is 0.0798 e. The molecule has 4 heteroatoms. The number of hydrogen-bond donors (Lipinski definition) is 1. The first kappa shape index (κ1) is 12.0. The Hall–Kier alpha value is -0.450. The summed E-state index contributed by atoms with van der Waals surface area (Å²) in [6.07, 6.45) is 3.90. The second-order valence-electron chi connectivity index (χ2n) is 4.61. The van der Waals surface area contributed by atoms with Gasteiger partial charge in [-0.3, -0.25) is 4.90 Å². The predicted octanol–water partition coefficient (Wildman–Crippen LogP) is 2.03. The highest BCUT2D eigenvalue weighted by molar-refractivity contribution is 7.09. The second-order valence-corrected chi connectivity index (χ2v) is 5.55. The lowest BCUT2D eigenvalue weighted by Crippen LogP contribution is -2.31. The lowest BCUT2D eigenvalue weighted by atomic mass is 10.1. The molecule has 1 saturated heterocycles. The molecule has 0 aliphatic carbocycles. The molecule has 2 heterocycles. The van der Waals surface area contributed by atoms with Crippen LogP contribution < -0.4 is 5.32 Å². The molecule has 1 fully saturated rings. The van der Waals surface area contributed by atoms with Crippen molar-refractivity contribution < 1.29 is 0 Å². The van der Waals surface area contributed by atoms with Crippen molar-refractivity contribution in [2.45, 2.75) is 38.8 Å². The van der Waals surface area contributed by atoms with Gasteiger partial charge >= 0.3 is 0 Å². The lowest BCUT2D eigenvalue weighted by Gasteiger charge is -2.26. The zero-order chi connectivity index (χ0) is 11.4. The average Bonchev–Trinajstić information content (AvgIpc) is 2.57. The fourth-order valence-electron chi connectivity index (χ4n) is 2.28. The van der Waals surface area contributed by atoms with E-state index < -0.39 is 0 Å². The van der Waals surface area contributed by atoms with Gasteiger partial charge in [-0.25, -0.2) is 4.98 Å². The van der Waals surface area contributed by atoms with Crippen LogP contribution in [0.2, 0.25) is 0 Å². The standard InChI is InChI=1S/C12H21N3S/c1-10-12(16-9-14-10)8-15(2)11-4-3-6-13-7-5-11/h9,11,13H,3-8H2,1-2H3. The zero-order valence-corrected chi connectivity index (χ0v) is 11.0. The van der Waals surface area contributed by atoms with Crippen LogP contribution in [0.3, 0.4) is 0 Å². The van der Waals surface area contributed by atoms with Crippen molar-refractivity contribution in [3.63, 3.8) is 0 Å². The van der Waals surface area contributed by atoms with Gasteiger partial charge in [0.05, 0.1) is 11.2 Å². The van der Waals surface area contributed by atoms with Crippen molar-refractivity contribution >= 4 is 11.3 Å². The van der Waals surface area contributed by atoms with Crippen LogP contribution in [0.5, 0.6) is 0 Å². The van der Waals surface area contributed by atoms with Crippen LogP contribution in [-0.2, 0) is 6.54 Å². The van der Waals surface area contributed by atoms with Gasteiger partial charge < -0.3 is 5.32 Å². The molecular formula is C12H21N3S. The number of rotatable bonds is 3. The highest BCUT2D eigenvalue weighted by Crippen LogP contribution is 2.19. The van der Waals surface area contributed by atoms with Crippen LogP contribution in [0, 0.1) is 6.92 Å². The monoisotopic (exact) mass is 239 g/mol. The fraction of sp³-hybridized carbons (Fsp3) is 0.750. The van der Waals surface area contributed by atoms with Crippen LogP contribution in [0.1, 0.15) is 29.8 Å². The van der Waals surface area contributed by atoms with E-state index in [9.17, 15) is 0 Å². The van der Waals surface area contributed by atoms with Crippen molar-refractivity contribution in [1.29, 1.82) is 0 Å². The van der Waals surface area contributed by atoms with Crippen molar-refractivity contribution in [2.24, 2.45) is 0 Å². The molecule has 1 atom stereocenters. The van der Waals surface area contributed by atoms with Crippen LogP contribution in [-0.4, -0.2) is 36.1 Å². The number of nitrogens with one attached hydrogen (secondary N) is 1. The van der Waals surface area contributed by atoms with E-state index in [0.29, 0.717) is 0 Å². The fourth-order valence-corrected chi connectivity index (χ4v) is 3.11. The molecule has 1 aromatic rings. The summed E-state index contributed by atoms with van der Waals surface area (Å²) in [5, 5.41) is 3.47. The molecule has 0 saturated carbocycles. The average molecular weight is 239 g/mol. The van der Waals surface area contributed by atoms with Crippen molar-refractivity contribution in [2.75, 3.05) is 20.1 Å². The Morgan fingerprint density at radius 2 is 2.38 bits per heavy atom. The summed E-state index contributed by atoms with van der Waals surface area (Å²) < 4.78 is 0. The minimum Gasteiger partial charge on any atom is -0.317 e. The molecule has 1 unspecified atom stereocenters. The summed E-state index contributed by atoms with van der Waals surface area (Å²) in [6, 6.07) is 0.733. The first-order valence-electron chi connectivity index (χ1n) is 6.07. The Labute approximate surface area is 102 Å². The summed E-state index contributed by atoms with van der Waals surface area (Å²) in [6.45, 7) is 5.51. The van der Waals surface area contributed by atoms with Crippen LogP contribution in [0.15, 0.2) is 5.51 Å². The van der Waals surface area contributed by atoms with E-state index in [4.69, 9.17) is 0 Å². The molecule has 2 rings (SSSR count). The molecule has 1 aliphatic rings. The molecule has 0 spiro atoms. The number of nitrogens with zero attached hydrogens (tertiary/aromatic N) is 2. The molecule has 16 heavy (non-hydrogen) atoms. The Kier molecular flexibility index (Phi) is 4.32. The summed E-state index contributed by atoms with van der Waals surface area (Å²) >= 11 is 1.78. The zero-order valence-electron chi connectivity index (χ0n) is 10.2. The maximum absolute atomic E-state index is 4.31. The summed E-state index contributed by atoms with van der Waals surface area (Å²) in [7, 11) is 2.25. The number of hydrogen-bond acceptors (Lipinski definition) is 4. The maximum Gasteiger partial charge on any atom is 0.0798 e.